The van der Waals surface area contributed by atoms with E-state index in [0.29, 0.717) is 65.4 Å². The highest BCUT2D eigenvalue weighted by Crippen LogP contribution is 2.13. The summed E-state index contributed by atoms with van der Waals surface area (Å²) in [6.07, 6.45) is 0. The predicted octanol–water partition coefficient (Wildman–Crippen LogP) is 2.11. The van der Waals surface area contributed by atoms with Gasteiger partial charge in [0.25, 0.3) is 0 Å². The molecule has 2 aliphatic rings. The first kappa shape index (κ1) is 46.3. The van der Waals surface area contributed by atoms with Crippen LogP contribution in [0.25, 0.3) is 0 Å². The van der Waals surface area contributed by atoms with E-state index in [0.717, 1.165) is 35.9 Å². The first-order chi connectivity index (χ1) is 26.2. The topological polar surface area (TPSA) is 172 Å². The van der Waals surface area contributed by atoms with Crippen molar-refractivity contribution in [3.63, 3.8) is 0 Å². The minimum Gasteiger partial charge on any atom is -0.480 e. The number of pyridine rings is 2. The molecule has 0 amide bonds. The van der Waals surface area contributed by atoms with E-state index in [4.69, 9.17) is 24.7 Å². The third-order valence-electron chi connectivity index (χ3n) is 8.73. The summed E-state index contributed by atoms with van der Waals surface area (Å²) in [5.41, 5.74) is 2.38. The smallest absolute Gasteiger partial charge is 0.320 e. The maximum Gasteiger partial charge on any atom is 0.320 e. The molecule has 0 aliphatic carbocycles. The van der Waals surface area contributed by atoms with Crippen molar-refractivity contribution < 1.29 is 38.9 Å². The lowest BCUT2D eigenvalue weighted by molar-refractivity contribution is -0.157. The lowest BCUT2D eigenvalue weighted by Crippen LogP contribution is -2.42. The van der Waals surface area contributed by atoms with Crippen LogP contribution in [0.3, 0.4) is 0 Å². The number of aromatic nitrogens is 2. The molecule has 2 aromatic rings. The lowest BCUT2D eigenvalue weighted by Gasteiger charge is -2.30. The third-order valence-corrected chi connectivity index (χ3v) is 8.73. The van der Waals surface area contributed by atoms with E-state index in [9.17, 15) is 19.2 Å². The van der Waals surface area contributed by atoms with Gasteiger partial charge < -0.3 is 29.5 Å². The van der Waals surface area contributed by atoms with E-state index >= 15 is 0 Å². The first-order valence-corrected chi connectivity index (χ1v) is 19.2. The summed E-state index contributed by atoms with van der Waals surface area (Å²) in [6, 6.07) is 11.5. The SMILES string of the molecule is CN1CCN(CC(=O)O)Cc2cccc(n2)CN(CC(=O)O)CC1.CN1CCN(CC(=O)OC(C)(C)C)Cc2cccc(n2)CN(CC(=O)OC(C)(C)C)CC1. The third kappa shape index (κ3) is 19.7. The highest BCUT2D eigenvalue weighted by Gasteiger charge is 2.23. The molecule has 16 nitrogen and oxygen atoms in total. The summed E-state index contributed by atoms with van der Waals surface area (Å²) in [4.78, 5) is 68.5. The van der Waals surface area contributed by atoms with E-state index in [2.05, 4.69) is 31.6 Å². The molecule has 16 heteroatoms. The van der Waals surface area contributed by atoms with Gasteiger partial charge in [0.2, 0.25) is 0 Å². The second kappa shape index (κ2) is 22.0. The lowest BCUT2D eigenvalue weighted by atomic mass is 10.2. The summed E-state index contributed by atoms with van der Waals surface area (Å²) in [5, 5.41) is 18.2. The molecule has 0 saturated carbocycles. The summed E-state index contributed by atoms with van der Waals surface area (Å²) in [7, 11) is 4.02. The Bertz CT molecular complexity index is 1480. The molecule has 0 atom stereocenters. The van der Waals surface area contributed by atoms with E-state index in [1.165, 1.54) is 0 Å². The second-order valence-corrected chi connectivity index (χ2v) is 16.7. The Kier molecular flexibility index (Phi) is 18.2. The second-order valence-electron chi connectivity index (χ2n) is 16.7. The summed E-state index contributed by atoms with van der Waals surface area (Å²) >= 11 is 0. The Labute approximate surface area is 332 Å². The maximum atomic E-state index is 12.4. The molecule has 2 aliphatic heterocycles. The number of aliphatic carboxylic acids is 2. The Hall–Kier alpha value is -4.06. The van der Waals surface area contributed by atoms with Crippen LogP contribution < -0.4 is 0 Å². The number of hydrogen-bond acceptors (Lipinski definition) is 14. The Morgan fingerprint density at radius 2 is 0.786 bits per heavy atom. The zero-order valence-electron chi connectivity index (χ0n) is 34.7. The number of carboxylic acid groups (broad SMARTS) is 2. The summed E-state index contributed by atoms with van der Waals surface area (Å²) in [6.45, 7) is 19.4. The fraction of sp³-hybridized carbons (Fsp3) is 0.650. The molecule has 56 heavy (non-hydrogen) atoms. The number of fused-ring (bicyclic) bond motifs is 4. The van der Waals surface area contributed by atoms with Crippen LogP contribution in [0.1, 0.15) is 64.3 Å². The minimum absolute atomic E-state index is 0.0229. The van der Waals surface area contributed by atoms with Gasteiger partial charge in [-0.2, -0.15) is 0 Å². The zero-order valence-corrected chi connectivity index (χ0v) is 34.7. The molecule has 4 bridgehead atoms. The average Bonchev–Trinajstić information content (AvgIpc) is 3.05. The molecule has 2 N–H and O–H groups in total. The molecule has 4 rings (SSSR count). The minimum atomic E-state index is -0.853. The highest BCUT2D eigenvalue weighted by molar-refractivity contribution is 5.72. The van der Waals surface area contributed by atoms with Crippen molar-refractivity contribution in [3.05, 3.63) is 59.2 Å². The molecular weight excluding hydrogens is 720 g/mol. The van der Waals surface area contributed by atoms with E-state index < -0.39 is 23.1 Å². The van der Waals surface area contributed by atoms with Gasteiger partial charge in [0, 0.05) is 78.5 Å². The molecule has 0 spiro atoms. The molecule has 0 radical (unpaired) electrons. The Morgan fingerprint density at radius 1 is 0.518 bits per heavy atom. The van der Waals surface area contributed by atoms with Crippen LogP contribution >= 0.6 is 0 Å². The zero-order chi connectivity index (χ0) is 41.5. The molecule has 4 heterocycles. The number of nitrogens with zero attached hydrogens (tertiary/aromatic N) is 8. The normalized spacial score (nSPS) is 18.1. The molecule has 0 aromatic carbocycles. The molecule has 312 valence electrons. The molecule has 0 saturated heterocycles. The number of carbonyl (C=O) groups is 4. The van der Waals surface area contributed by atoms with Crippen molar-refractivity contribution in [1.82, 2.24) is 39.4 Å². The van der Waals surface area contributed by atoms with Crippen molar-refractivity contribution in [2.24, 2.45) is 0 Å². The van der Waals surface area contributed by atoms with E-state index in [-0.39, 0.29) is 38.1 Å². The standard InChI is InChI=1S/C24H40N4O4.C16H24N4O4/c1-23(2,3)31-21(29)17-27-13-11-26(7)12-14-28(18-22(30)32-24(4,5)6)16-20-10-8-9-19(15-27)25-20;1-18-5-7-19(11-15(21)22)9-13-3-2-4-14(17-13)10-20(8-6-18)12-16(23)24/h8-10H,11-18H2,1-7H3;2-4H,5-12H2,1H3,(H,21,22)(H,23,24). The highest BCUT2D eigenvalue weighted by atomic mass is 16.6. The van der Waals surface area contributed by atoms with Crippen LogP contribution in [-0.2, 0) is 54.8 Å². The van der Waals surface area contributed by atoms with Crippen molar-refractivity contribution in [2.75, 3.05) is 92.6 Å². The van der Waals surface area contributed by atoms with Gasteiger partial charge in [0.15, 0.2) is 0 Å². The van der Waals surface area contributed by atoms with E-state index in [1.54, 1.807) is 0 Å². The molecule has 0 fully saturated rings. The van der Waals surface area contributed by atoms with Crippen molar-refractivity contribution >= 4 is 23.9 Å². The summed E-state index contributed by atoms with van der Waals surface area (Å²) in [5.74, 6) is -2.17. The Morgan fingerprint density at radius 3 is 1.04 bits per heavy atom. The van der Waals surface area contributed by atoms with Crippen LogP contribution in [0.4, 0.5) is 0 Å². The number of hydrogen-bond donors (Lipinski definition) is 2. The number of carboxylic acids is 2. The summed E-state index contributed by atoms with van der Waals surface area (Å²) < 4.78 is 11.0. The van der Waals surface area contributed by atoms with Gasteiger partial charge in [-0.1, -0.05) is 12.1 Å². The van der Waals surface area contributed by atoms with Gasteiger partial charge in [-0.15, -0.1) is 0 Å². The van der Waals surface area contributed by atoms with E-state index in [1.807, 2.05) is 94.8 Å². The van der Waals surface area contributed by atoms with Crippen LogP contribution in [0.15, 0.2) is 36.4 Å². The number of carbonyl (C=O) groups excluding carboxylic acids is 2. The van der Waals surface area contributed by atoms with Crippen molar-refractivity contribution in [1.29, 1.82) is 0 Å². The van der Waals surface area contributed by atoms with Gasteiger partial charge in [-0.3, -0.25) is 48.7 Å². The van der Waals surface area contributed by atoms with Gasteiger partial charge in [0.1, 0.15) is 11.2 Å². The number of rotatable bonds is 8. The van der Waals surface area contributed by atoms with Crippen LogP contribution in [0.2, 0.25) is 0 Å². The molecule has 0 unspecified atom stereocenters. The Balaban J connectivity index is 0.000000313. The monoisotopic (exact) mass is 784 g/mol. The van der Waals surface area contributed by atoms with Gasteiger partial charge in [-0.25, -0.2) is 0 Å². The van der Waals surface area contributed by atoms with Crippen LogP contribution in [0.5, 0.6) is 0 Å². The average molecular weight is 785 g/mol. The predicted molar refractivity (Wildman–Crippen MR) is 212 cm³/mol. The number of ether oxygens (including phenoxy) is 2. The van der Waals surface area contributed by atoms with Crippen LogP contribution in [-0.4, -0.2) is 177 Å². The number of esters is 2. The quantitative estimate of drug-likeness (QED) is 0.373. The fourth-order valence-corrected chi connectivity index (χ4v) is 6.15. The fourth-order valence-electron chi connectivity index (χ4n) is 6.15. The first-order valence-electron chi connectivity index (χ1n) is 19.2. The molecule has 2 aromatic heterocycles. The largest absolute Gasteiger partial charge is 0.480 e. The van der Waals surface area contributed by atoms with Crippen molar-refractivity contribution in [2.45, 2.75) is 78.9 Å². The maximum absolute atomic E-state index is 12.4. The van der Waals surface area contributed by atoms with Gasteiger partial charge in [-0.05, 0) is 79.9 Å². The van der Waals surface area contributed by atoms with Crippen molar-refractivity contribution in [3.8, 4) is 0 Å². The van der Waals surface area contributed by atoms with Crippen LogP contribution in [0, 0.1) is 0 Å². The van der Waals surface area contributed by atoms with Gasteiger partial charge >= 0.3 is 23.9 Å². The van der Waals surface area contributed by atoms with Gasteiger partial charge in [0.05, 0.1) is 49.0 Å². The number of likely N-dealkylation sites (N-methyl/N-ethyl adjacent to an activating group) is 2. The molecular formula is C40H64N8O8.